The van der Waals surface area contributed by atoms with Crippen LogP contribution in [0.1, 0.15) is 25.9 Å². The van der Waals surface area contributed by atoms with E-state index in [9.17, 15) is 31.1 Å². The molecular formula is C12H7ClF6N4OS. The molecule has 2 N–H and O–H groups in total. The highest BCUT2D eigenvalue weighted by Crippen LogP contribution is 2.34. The van der Waals surface area contributed by atoms with Gasteiger partial charge in [-0.25, -0.2) is 9.97 Å². The van der Waals surface area contributed by atoms with Gasteiger partial charge >= 0.3 is 12.4 Å². The minimum Gasteiger partial charge on any atom is -0.280 e. The number of halogens is 7. The minimum atomic E-state index is -4.83. The lowest BCUT2D eigenvalue weighted by molar-refractivity contribution is -0.141. The van der Waals surface area contributed by atoms with Gasteiger partial charge in [0.25, 0.3) is 5.91 Å². The summed E-state index contributed by atoms with van der Waals surface area (Å²) < 4.78 is 75.9. The number of carbonyl (C=O) groups excluding carboxylic acids is 1. The molecule has 0 fully saturated rings. The van der Waals surface area contributed by atoms with Crippen LogP contribution in [0.2, 0.25) is 5.02 Å². The molecule has 13 heteroatoms. The Hall–Kier alpha value is -2.08. The maximum atomic E-state index is 12.8. The number of carbonyl (C=O) groups is 1. The molecule has 0 atom stereocenters. The van der Waals surface area contributed by atoms with Gasteiger partial charge in [-0.3, -0.25) is 15.6 Å². The summed E-state index contributed by atoms with van der Waals surface area (Å²) in [5.74, 6) is -1.55. The number of thiazole rings is 1. The SMILES string of the molecule is Cc1nc(C(F)(F)F)c(C(=O)NNc2ncc(C(F)(F)F)cc2Cl)s1. The first-order chi connectivity index (χ1) is 11.4. The molecule has 5 nitrogen and oxygen atoms in total. The van der Waals surface area contributed by atoms with E-state index < -0.39 is 39.4 Å². The topological polar surface area (TPSA) is 66.9 Å². The molecule has 136 valence electrons. The summed E-state index contributed by atoms with van der Waals surface area (Å²) in [4.78, 5) is 17.8. The third-order valence-electron chi connectivity index (χ3n) is 2.67. The van der Waals surface area contributed by atoms with Crippen LogP contribution in [0.25, 0.3) is 0 Å². The lowest BCUT2D eigenvalue weighted by atomic mass is 10.3. The Labute approximate surface area is 145 Å². The standard InChI is InChI=1S/C12H7ClF6N4OS/c1-4-21-8(12(17,18)19)7(25-4)10(24)23-22-9-6(13)2-5(3-20-9)11(14,15)16/h2-3H,1H3,(H,20,22)(H,23,24). The number of nitrogens with one attached hydrogen (secondary N) is 2. The normalized spacial score (nSPS) is 12.2. The van der Waals surface area contributed by atoms with E-state index >= 15 is 0 Å². The number of nitrogens with zero attached hydrogens (tertiary/aromatic N) is 2. The lowest BCUT2D eigenvalue weighted by Crippen LogP contribution is -2.31. The number of aromatic nitrogens is 2. The molecule has 0 aliphatic heterocycles. The van der Waals surface area contributed by atoms with Gasteiger partial charge in [0.15, 0.2) is 11.5 Å². The average molecular weight is 405 g/mol. The van der Waals surface area contributed by atoms with Gasteiger partial charge in [-0.2, -0.15) is 26.3 Å². The Bertz CT molecular complexity index is 804. The highest BCUT2D eigenvalue weighted by atomic mass is 35.5. The minimum absolute atomic E-state index is 0.0168. The van der Waals surface area contributed by atoms with Crippen molar-refractivity contribution in [1.29, 1.82) is 0 Å². The van der Waals surface area contributed by atoms with Crippen LogP contribution in [0, 0.1) is 6.92 Å². The second-order valence-corrected chi connectivity index (χ2v) is 6.15. The molecule has 2 aromatic heterocycles. The van der Waals surface area contributed by atoms with Crippen LogP contribution in [0.3, 0.4) is 0 Å². The number of hydrogen-bond donors (Lipinski definition) is 2. The third kappa shape index (κ3) is 4.51. The number of anilines is 1. The Morgan fingerprint density at radius 2 is 1.84 bits per heavy atom. The van der Waals surface area contributed by atoms with E-state index in [4.69, 9.17) is 11.6 Å². The Morgan fingerprint density at radius 3 is 2.36 bits per heavy atom. The number of hydrogen-bond acceptors (Lipinski definition) is 5. The molecule has 2 rings (SSSR count). The molecule has 0 unspecified atom stereocenters. The van der Waals surface area contributed by atoms with Crippen LogP contribution < -0.4 is 10.9 Å². The fraction of sp³-hybridized carbons (Fsp3) is 0.250. The van der Waals surface area contributed by atoms with Crippen molar-refractivity contribution in [2.24, 2.45) is 0 Å². The molecule has 2 aromatic rings. The molecular weight excluding hydrogens is 398 g/mol. The lowest BCUT2D eigenvalue weighted by Gasteiger charge is -2.12. The van der Waals surface area contributed by atoms with E-state index in [1.807, 2.05) is 5.43 Å². The van der Waals surface area contributed by atoms with E-state index in [-0.39, 0.29) is 10.8 Å². The average Bonchev–Trinajstić information content (AvgIpc) is 2.87. The van der Waals surface area contributed by atoms with Crippen LogP contribution in [0.15, 0.2) is 12.3 Å². The molecule has 0 aliphatic carbocycles. The van der Waals surface area contributed by atoms with Crippen molar-refractivity contribution in [3.05, 3.63) is 38.4 Å². The number of pyridine rings is 1. The van der Waals surface area contributed by atoms with E-state index in [0.717, 1.165) is 0 Å². The van der Waals surface area contributed by atoms with Gasteiger partial charge in [0.1, 0.15) is 4.88 Å². The summed E-state index contributed by atoms with van der Waals surface area (Å²) in [7, 11) is 0. The molecule has 0 saturated heterocycles. The van der Waals surface area contributed by atoms with Gasteiger partial charge in [0, 0.05) is 6.20 Å². The summed E-state index contributed by atoms with van der Waals surface area (Å²) in [5.41, 5.74) is 1.49. The number of amides is 1. The fourth-order valence-corrected chi connectivity index (χ4v) is 2.68. The van der Waals surface area contributed by atoms with E-state index in [0.29, 0.717) is 23.6 Å². The van der Waals surface area contributed by atoms with Crippen molar-refractivity contribution in [2.75, 3.05) is 5.43 Å². The van der Waals surface area contributed by atoms with E-state index in [1.54, 1.807) is 0 Å². The molecule has 2 heterocycles. The molecule has 0 aromatic carbocycles. The van der Waals surface area contributed by atoms with E-state index in [1.165, 1.54) is 6.92 Å². The zero-order chi connectivity index (χ0) is 19.0. The summed E-state index contributed by atoms with van der Waals surface area (Å²) in [6.07, 6.45) is -9.04. The maximum Gasteiger partial charge on any atom is 0.435 e. The zero-order valence-electron chi connectivity index (χ0n) is 12.0. The Balaban J connectivity index is 2.16. The first kappa shape index (κ1) is 19.2. The summed E-state index contributed by atoms with van der Waals surface area (Å²) in [5, 5.41) is -0.463. The quantitative estimate of drug-likeness (QED) is 0.591. The van der Waals surface area contributed by atoms with Gasteiger partial charge in [-0.1, -0.05) is 11.6 Å². The summed E-state index contributed by atoms with van der Waals surface area (Å²) in [6, 6.07) is 0.557. The molecule has 0 spiro atoms. The molecule has 25 heavy (non-hydrogen) atoms. The first-order valence-electron chi connectivity index (χ1n) is 6.23. The van der Waals surface area contributed by atoms with Crippen molar-refractivity contribution >= 4 is 34.7 Å². The van der Waals surface area contributed by atoms with Crippen LogP contribution in [-0.2, 0) is 12.4 Å². The molecule has 0 radical (unpaired) electrons. The van der Waals surface area contributed by atoms with Gasteiger partial charge in [0.2, 0.25) is 0 Å². The number of rotatable bonds is 3. The number of alkyl halides is 6. The van der Waals surface area contributed by atoms with Crippen molar-refractivity contribution in [3.63, 3.8) is 0 Å². The fourth-order valence-electron chi connectivity index (χ4n) is 1.63. The second-order valence-electron chi connectivity index (χ2n) is 4.54. The number of hydrazine groups is 1. The van der Waals surface area contributed by atoms with Crippen LogP contribution in [0.4, 0.5) is 32.2 Å². The predicted molar refractivity (Wildman–Crippen MR) is 77.2 cm³/mol. The molecule has 1 amide bonds. The van der Waals surface area contributed by atoms with Gasteiger partial charge < -0.3 is 0 Å². The van der Waals surface area contributed by atoms with Crippen molar-refractivity contribution in [2.45, 2.75) is 19.3 Å². The third-order valence-corrected chi connectivity index (χ3v) is 3.93. The first-order valence-corrected chi connectivity index (χ1v) is 7.42. The van der Waals surface area contributed by atoms with Crippen molar-refractivity contribution in [1.82, 2.24) is 15.4 Å². The van der Waals surface area contributed by atoms with Crippen LogP contribution >= 0.6 is 22.9 Å². The Kier molecular flexibility index (Phi) is 5.14. The molecule has 0 aliphatic rings. The van der Waals surface area contributed by atoms with Crippen LogP contribution in [-0.4, -0.2) is 15.9 Å². The highest BCUT2D eigenvalue weighted by molar-refractivity contribution is 7.13. The smallest absolute Gasteiger partial charge is 0.280 e. The summed E-state index contributed by atoms with van der Waals surface area (Å²) >= 11 is 6.12. The molecule has 0 saturated carbocycles. The number of aryl methyl sites for hydroxylation is 1. The predicted octanol–water partition coefficient (Wildman–Crippen LogP) is 4.29. The second kappa shape index (κ2) is 6.67. The highest BCUT2D eigenvalue weighted by Gasteiger charge is 2.39. The van der Waals surface area contributed by atoms with Crippen LogP contribution in [0.5, 0.6) is 0 Å². The Morgan fingerprint density at radius 1 is 1.20 bits per heavy atom. The van der Waals surface area contributed by atoms with Crippen molar-refractivity contribution in [3.8, 4) is 0 Å². The largest absolute Gasteiger partial charge is 0.435 e. The van der Waals surface area contributed by atoms with Gasteiger partial charge in [0.05, 0.1) is 15.6 Å². The maximum absolute atomic E-state index is 12.8. The zero-order valence-corrected chi connectivity index (χ0v) is 13.6. The van der Waals surface area contributed by atoms with E-state index in [2.05, 4.69) is 15.4 Å². The summed E-state index contributed by atoms with van der Waals surface area (Å²) in [6.45, 7) is 1.29. The monoisotopic (exact) mass is 404 g/mol. The molecule has 0 bridgehead atoms. The van der Waals surface area contributed by atoms with Crippen molar-refractivity contribution < 1.29 is 31.1 Å². The van der Waals surface area contributed by atoms with Gasteiger partial charge in [-0.15, -0.1) is 11.3 Å². The van der Waals surface area contributed by atoms with Gasteiger partial charge in [-0.05, 0) is 13.0 Å².